The van der Waals surface area contributed by atoms with Gasteiger partial charge in [-0.25, -0.2) is 0 Å². The maximum atomic E-state index is 11.0. The molecule has 0 amide bonds. The molecular weight excluding hydrogens is 350 g/mol. The van der Waals surface area contributed by atoms with Crippen molar-refractivity contribution in [3.8, 4) is 17.2 Å². The Balaban J connectivity index is 2.22. The molecule has 0 heterocycles. The van der Waals surface area contributed by atoms with Gasteiger partial charge in [0.1, 0.15) is 5.75 Å². The van der Waals surface area contributed by atoms with Gasteiger partial charge in [-0.2, -0.15) is 5.10 Å². The summed E-state index contributed by atoms with van der Waals surface area (Å²) >= 11 is 6.02. The van der Waals surface area contributed by atoms with Gasteiger partial charge in [0.2, 0.25) is 5.75 Å². The van der Waals surface area contributed by atoms with Gasteiger partial charge in [0.25, 0.3) is 0 Å². The van der Waals surface area contributed by atoms with E-state index >= 15 is 0 Å². The molecule has 8 nitrogen and oxygen atoms in total. The number of rotatable bonds is 7. The van der Waals surface area contributed by atoms with Gasteiger partial charge in [-0.1, -0.05) is 11.6 Å². The van der Waals surface area contributed by atoms with Crippen molar-refractivity contribution in [2.75, 3.05) is 19.1 Å². The van der Waals surface area contributed by atoms with Crippen molar-refractivity contribution >= 4 is 29.2 Å². The first-order chi connectivity index (χ1) is 12.0. The Labute approximate surface area is 148 Å². The van der Waals surface area contributed by atoms with Gasteiger partial charge in [-0.15, -0.1) is 0 Å². The minimum Gasteiger partial charge on any atom is -0.500 e. The second-order valence-corrected chi connectivity index (χ2v) is 5.20. The highest BCUT2D eigenvalue weighted by Gasteiger charge is 2.19. The van der Waals surface area contributed by atoms with Crippen molar-refractivity contribution in [1.29, 1.82) is 0 Å². The average molecular weight is 366 g/mol. The Kier molecular flexibility index (Phi) is 6.02. The number of nitro benzene ring substituents is 1. The number of hydrogen-bond acceptors (Lipinski definition) is 7. The number of methoxy groups -OCH3 is 1. The van der Waals surface area contributed by atoms with E-state index in [1.807, 2.05) is 0 Å². The summed E-state index contributed by atoms with van der Waals surface area (Å²) in [6.45, 7) is 1.97. The molecule has 2 rings (SSSR count). The zero-order chi connectivity index (χ0) is 18.4. The topological polar surface area (TPSA) is 106 Å². The molecule has 25 heavy (non-hydrogen) atoms. The molecule has 2 N–H and O–H groups in total. The normalized spacial score (nSPS) is 10.7. The third-order valence-electron chi connectivity index (χ3n) is 3.13. The van der Waals surface area contributed by atoms with E-state index in [2.05, 4.69) is 10.5 Å². The molecule has 0 spiro atoms. The minimum atomic E-state index is -0.689. The zero-order valence-electron chi connectivity index (χ0n) is 13.5. The number of nitrogens with one attached hydrogen (secondary N) is 1. The van der Waals surface area contributed by atoms with Crippen LogP contribution in [-0.4, -0.2) is 30.0 Å². The van der Waals surface area contributed by atoms with Crippen LogP contribution in [0.3, 0.4) is 0 Å². The van der Waals surface area contributed by atoms with E-state index in [-0.39, 0.29) is 12.4 Å². The van der Waals surface area contributed by atoms with Crippen LogP contribution in [0.5, 0.6) is 17.2 Å². The lowest BCUT2D eigenvalue weighted by Gasteiger charge is -2.07. The Morgan fingerprint density at radius 3 is 2.72 bits per heavy atom. The quantitative estimate of drug-likeness (QED) is 0.439. The molecule has 0 aromatic heterocycles. The largest absolute Gasteiger partial charge is 0.500 e. The molecule has 0 fully saturated rings. The molecule has 0 unspecified atom stereocenters. The summed E-state index contributed by atoms with van der Waals surface area (Å²) in [6.07, 6.45) is 1.37. The second-order valence-electron chi connectivity index (χ2n) is 4.80. The van der Waals surface area contributed by atoms with Crippen LogP contribution in [-0.2, 0) is 0 Å². The van der Waals surface area contributed by atoms with E-state index in [4.69, 9.17) is 21.1 Å². The van der Waals surface area contributed by atoms with Crippen molar-refractivity contribution in [3.05, 3.63) is 51.0 Å². The highest BCUT2D eigenvalue weighted by Crippen LogP contribution is 2.36. The molecule has 2 aromatic carbocycles. The highest BCUT2D eigenvalue weighted by atomic mass is 35.5. The summed E-state index contributed by atoms with van der Waals surface area (Å²) in [5.74, 6) is 0.0382. The minimum absolute atomic E-state index is 0.0191. The number of benzene rings is 2. The Morgan fingerprint density at radius 2 is 2.12 bits per heavy atom. The number of nitro groups is 1. The molecule has 0 aliphatic carbocycles. The summed E-state index contributed by atoms with van der Waals surface area (Å²) < 4.78 is 10.3. The fourth-order valence-electron chi connectivity index (χ4n) is 2.01. The number of hydrogen-bond donors (Lipinski definition) is 2. The molecular formula is C16H16ClN3O5. The summed E-state index contributed by atoms with van der Waals surface area (Å²) in [5, 5.41) is 25.3. The van der Waals surface area contributed by atoms with E-state index in [9.17, 15) is 15.2 Å². The van der Waals surface area contributed by atoms with Crippen LogP contribution >= 0.6 is 11.6 Å². The molecule has 132 valence electrons. The molecule has 0 bridgehead atoms. The molecule has 9 heteroatoms. The van der Waals surface area contributed by atoms with Crippen LogP contribution < -0.4 is 14.9 Å². The van der Waals surface area contributed by atoms with Crippen molar-refractivity contribution < 1.29 is 19.5 Å². The number of ether oxygens (including phenoxy) is 2. The first-order valence-corrected chi connectivity index (χ1v) is 7.60. The van der Waals surface area contributed by atoms with Crippen LogP contribution in [0, 0.1) is 10.1 Å². The Bertz CT molecular complexity index is 811. The number of phenolic OH excluding ortho intramolecular Hbond substituents is 1. The summed E-state index contributed by atoms with van der Waals surface area (Å²) in [5.41, 5.74) is 3.30. The van der Waals surface area contributed by atoms with E-state index < -0.39 is 16.4 Å². The van der Waals surface area contributed by atoms with Crippen LogP contribution in [0.15, 0.2) is 35.4 Å². The Hall–Kier alpha value is -3.00. The van der Waals surface area contributed by atoms with Crippen LogP contribution in [0.25, 0.3) is 0 Å². The van der Waals surface area contributed by atoms with Gasteiger partial charge in [0, 0.05) is 11.6 Å². The third-order valence-corrected chi connectivity index (χ3v) is 3.43. The van der Waals surface area contributed by atoms with Crippen molar-refractivity contribution in [2.45, 2.75) is 6.92 Å². The maximum absolute atomic E-state index is 11.0. The third kappa shape index (κ3) is 4.51. The molecule has 0 aliphatic heterocycles. The zero-order valence-corrected chi connectivity index (χ0v) is 14.3. The van der Waals surface area contributed by atoms with Crippen molar-refractivity contribution in [2.24, 2.45) is 5.10 Å². The lowest BCUT2D eigenvalue weighted by Crippen LogP contribution is -1.98. The summed E-state index contributed by atoms with van der Waals surface area (Å²) in [6, 6.07) is 7.68. The van der Waals surface area contributed by atoms with Gasteiger partial charge >= 0.3 is 5.69 Å². The van der Waals surface area contributed by atoms with Gasteiger partial charge in [0.15, 0.2) is 5.75 Å². The van der Waals surface area contributed by atoms with Gasteiger partial charge in [-0.3, -0.25) is 15.5 Å². The number of anilines is 1. The molecule has 0 radical (unpaired) electrons. The Morgan fingerprint density at radius 1 is 1.36 bits per heavy atom. The van der Waals surface area contributed by atoms with Crippen LogP contribution in [0.1, 0.15) is 12.5 Å². The fourth-order valence-corrected chi connectivity index (χ4v) is 2.27. The maximum Gasteiger partial charge on any atom is 0.315 e. The van der Waals surface area contributed by atoms with Crippen molar-refractivity contribution in [1.82, 2.24) is 0 Å². The summed E-state index contributed by atoms with van der Waals surface area (Å²) in [4.78, 5) is 10.3. The van der Waals surface area contributed by atoms with E-state index in [0.717, 1.165) is 0 Å². The predicted molar refractivity (Wildman–Crippen MR) is 95.2 cm³/mol. The van der Waals surface area contributed by atoms with Gasteiger partial charge in [0.05, 0.1) is 35.6 Å². The number of nitrogens with zero attached hydrogens (tertiary/aromatic N) is 2. The first-order valence-electron chi connectivity index (χ1n) is 7.23. The van der Waals surface area contributed by atoms with E-state index in [0.29, 0.717) is 22.0 Å². The smallest absolute Gasteiger partial charge is 0.315 e. The molecule has 2 aromatic rings. The van der Waals surface area contributed by atoms with Gasteiger partial charge in [-0.05, 0) is 31.2 Å². The SMILES string of the molecule is CCOc1cc(/C=N/Nc2ccc(OC)c(Cl)c2)cc([N+](=O)[O-])c1O. The van der Waals surface area contributed by atoms with Crippen LogP contribution in [0.4, 0.5) is 11.4 Å². The number of halogens is 1. The predicted octanol–water partition coefficient (Wildman–Crippen LogP) is 3.81. The van der Waals surface area contributed by atoms with Crippen molar-refractivity contribution in [3.63, 3.8) is 0 Å². The monoisotopic (exact) mass is 365 g/mol. The fraction of sp³-hybridized carbons (Fsp3) is 0.188. The van der Waals surface area contributed by atoms with E-state index in [1.165, 1.54) is 25.5 Å². The lowest BCUT2D eigenvalue weighted by molar-refractivity contribution is -0.386. The van der Waals surface area contributed by atoms with Crippen LogP contribution in [0.2, 0.25) is 5.02 Å². The standard InChI is InChI=1S/C16H16ClN3O5/c1-3-25-15-7-10(6-13(16(15)21)20(22)23)9-18-19-11-4-5-14(24-2)12(17)8-11/h4-9,19,21H,3H2,1-2H3/b18-9+. The number of aromatic hydroxyl groups is 1. The van der Waals surface area contributed by atoms with Gasteiger partial charge < -0.3 is 14.6 Å². The second kappa shape index (κ2) is 8.20. The summed E-state index contributed by atoms with van der Waals surface area (Å²) in [7, 11) is 1.51. The first kappa shape index (κ1) is 18.3. The molecule has 0 atom stereocenters. The number of phenols is 1. The molecule has 0 saturated carbocycles. The molecule has 0 aliphatic rings. The molecule has 0 saturated heterocycles. The highest BCUT2D eigenvalue weighted by molar-refractivity contribution is 6.32. The van der Waals surface area contributed by atoms with E-state index in [1.54, 1.807) is 25.1 Å². The average Bonchev–Trinajstić information content (AvgIpc) is 2.57. The number of hydrazone groups is 1. The lowest BCUT2D eigenvalue weighted by atomic mass is 10.2.